The third-order valence-corrected chi connectivity index (χ3v) is 5.58. The Morgan fingerprint density at radius 2 is 1.70 bits per heavy atom. The molecule has 0 bridgehead atoms. The van der Waals surface area contributed by atoms with E-state index in [0.717, 1.165) is 38.7 Å². The van der Waals surface area contributed by atoms with Gasteiger partial charge in [0.25, 0.3) is 0 Å². The molecular formula is C22H42O5. The quantitative estimate of drug-likeness (QED) is 0.352. The van der Waals surface area contributed by atoms with Gasteiger partial charge in [0.1, 0.15) is 0 Å². The van der Waals surface area contributed by atoms with Crippen LogP contribution in [0.25, 0.3) is 0 Å². The molecule has 5 heteroatoms. The van der Waals surface area contributed by atoms with Crippen molar-refractivity contribution in [1.82, 2.24) is 0 Å². The van der Waals surface area contributed by atoms with Crippen LogP contribution in [-0.2, 0) is 14.3 Å². The third kappa shape index (κ3) is 11.7. The number of aliphatic hydroxyl groups is 1. The molecule has 1 heterocycles. The Kier molecular flexibility index (Phi) is 13.8. The molecule has 0 amide bonds. The van der Waals surface area contributed by atoms with Crippen molar-refractivity contribution >= 4 is 5.97 Å². The summed E-state index contributed by atoms with van der Waals surface area (Å²) in [5.41, 5.74) is 0. The lowest BCUT2D eigenvalue weighted by Crippen LogP contribution is -2.34. The van der Waals surface area contributed by atoms with Crippen molar-refractivity contribution in [2.45, 2.75) is 122 Å². The molecule has 4 atom stereocenters. The molecule has 0 aliphatic carbocycles. The Morgan fingerprint density at radius 1 is 1.07 bits per heavy atom. The molecule has 0 radical (unpaired) electrons. The summed E-state index contributed by atoms with van der Waals surface area (Å²) in [6.07, 6.45) is 14.5. The van der Waals surface area contributed by atoms with Gasteiger partial charge >= 0.3 is 5.97 Å². The van der Waals surface area contributed by atoms with Gasteiger partial charge in [0.2, 0.25) is 0 Å². The summed E-state index contributed by atoms with van der Waals surface area (Å²) in [4.78, 5) is 11.1. The SMILES string of the molecule is CCCCCCCCCCCC(CC(O)[C@@H](C)C(=O)O)OC1CCCCO1. The number of carboxylic acid groups (broad SMARTS) is 1. The van der Waals surface area contributed by atoms with E-state index in [4.69, 9.17) is 14.6 Å². The lowest BCUT2D eigenvalue weighted by Gasteiger charge is -2.29. The summed E-state index contributed by atoms with van der Waals surface area (Å²) in [7, 11) is 0. The van der Waals surface area contributed by atoms with Crippen LogP contribution in [0.2, 0.25) is 0 Å². The normalized spacial score (nSPS) is 20.9. The molecule has 0 spiro atoms. The van der Waals surface area contributed by atoms with Gasteiger partial charge in [0.15, 0.2) is 6.29 Å². The predicted molar refractivity (Wildman–Crippen MR) is 108 cm³/mol. The van der Waals surface area contributed by atoms with Gasteiger partial charge in [-0.3, -0.25) is 4.79 Å². The molecule has 5 nitrogen and oxygen atoms in total. The maximum absolute atomic E-state index is 11.1. The van der Waals surface area contributed by atoms with Gasteiger partial charge in [0.05, 0.1) is 18.1 Å². The molecule has 2 N–H and O–H groups in total. The number of unbranched alkanes of at least 4 members (excludes halogenated alkanes) is 8. The highest BCUT2D eigenvalue weighted by Crippen LogP contribution is 2.23. The topological polar surface area (TPSA) is 76.0 Å². The zero-order chi connectivity index (χ0) is 19.9. The van der Waals surface area contributed by atoms with Gasteiger partial charge in [-0.15, -0.1) is 0 Å². The first-order chi connectivity index (χ1) is 13.0. The Labute approximate surface area is 165 Å². The molecule has 160 valence electrons. The molecule has 1 saturated heterocycles. The highest BCUT2D eigenvalue weighted by Gasteiger charge is 2.27. The zero-order valence-electron chi connectivity index (χ0n) is 17.5. The number of hydrogen-bond donors (Lipinski definition) is 2. The first kappa shape index (κ1) is 24.4. The molecule has 0 aromatic heterocycles. The molecule has 0 saturated carbocycles. The van der Waals surface area contributed by atoms with E-state index >= 15 is 0 Å². The molecule has 1 fully saturated rings. The largest absolute Gasteiger partial charge is 0.481 e. The van der Waals surface area contributed by atoms with Crippen LogP contribution in [0.5, 0.6) is 0 Å². The van der Waals surface area contributed by atoms with E-state index in [2.05, 4.69) is 6.92 Å². The fraction of sp³-hybridized carbons (Fsp3) is 0.955. The number of rotatable bonds is 16. The second-order valence-corrected chi connectivity index (χ2v) is 8.10. The van der Waals surface area contributed by atoms with Crippen molar-refractivity contribution in [3.05, 3.63) is 0 Å². The molecule has 27 heavy (non-hydrogen) atoms. The lowest BCUT2D eigenvalue weighted by molar-refractivity contribution is -0.195. The second-order valence-electron chi connectivity index (χ2n) is 8.10. The van der Waals surface area contributed by atoms with Crippen LogP contribution in [-0.4, -0.2) is 41.3 Å². The van der Waals surface area contributed by atoms with Gasteiger partial charge in [-0.25, -0.2) is 0 Å². The Balaban J connectivity index is 2.29. The first-order valence-electron chi connectivity index (χ1n) is 11.2. The van der Waals surface area contributed by atoms with Crippen LogP contribution >= 0.6 is 0 Å². The number of carboxylic acids is 1. The van der Waals surface area contributed by atoms with Crippen molar-refractivity contribution in [2.24, 2.45) is 5.92 Å². The summed E-state index contributed by atoms with van der Waals surface area (Å²) in [6, 6.07) is 0. The van der Waals surface area contributed by atoms with Gasteiger partial charge in [0, 0.05) is 13.0 Å². The van der Waals surface area contributed by atoms with Crippen LogP contribution in [0, 0.1) is 5.92 Å². The number of hydrogen-bond acceptors (Lipinski definition) is 4. The molecule has 3 unspecified atom stereocenters. The molecule has 0 aromatic carbocycles. The standard InChI is InChI=1S/C22H42O5/c1-3-4-5-6-7-8-9-10-11-14-19(17-20(23)18(2)22(24)25)27-21-15-12-13-16-26-21/h18-21,23H,3-17H2,1-2H3,(H,24,25)/t18-,19?,20?,21?/m1/s1. The van der Waals surface area contributed by atoms with Crippen LogP contribution in [0.4, 0.5) is 0 Å². The average Bonchev–Trinajstić information content (AvgIpc) is 2.66. The Hall–Kier alpha value is -0.650. The monoisotopic (exact) mass is 386 g/mol. The summed E-state index contributed by atoms with van der Waals surface area (Å²) >= 11 is 0. The van der Waals surface area contributed by atoms with E-state index in [1.54, 1.807) is 6.92 Å². The summed E-state index contributed by atoms with van der Waals surface area (Å²) in [5.74, 6) is -1.73. The maximum atomic E-state index is 11.1. The van der Waals surface area contributed by atoms with E-state index in [9.17, 15) is 9.90 Å². The Bertz CT molecular complexity index is 368. The van der Waals surface area contributed by atoms with Gasteiger partial charge in [-0.1, -0.05) is 64.7 Å². The molecule has 1 aliphatic heterocycles. The minimum atomic E-state index is -0.960. The highest BCUT2D eigenvalue weighted by atomic mass is 16.7. The maximum Gasteiger partial charge on any atom is 0.308 e. The second kappa shape index (κ2) is 15.3. The first-order valence-corrected chi connectivity index (χ1v) is 11.2. The number of aliphatic hydroxyl groups excluding tert-OH is 1. The Morgan fingerprint density at radius 3 is 2.26 bits per heavy atom. The fourth-order valence-electron chi connectivity index (χ4n) is 3.60. The number of ether oxygens (including phenoxy) is 2. The minimum absolute atomic E-state index is 0.130. The summed E-state index contributed by atoms with van der Waals surface area (Å²) in [5, 5.41) is 19.3. The molecular weight excluding hydrogens is 344 g/mol. The van der Waals surface area contributed by atoms with Crippen LogP contribution in [0.15, 0.2) is 0 Å². The fourth-order valence-corrected chi connectivity index (χ4v) is 3.60. The van der Waals surface area contributed by atoms with Crippen LogP contribution in [0.1, 0.15) is 104 Å². The van der Waals surface area contributed by atoms with Crippen molar-refractivity contribution in [3.8, 4) is 0 Å². The lowest BCUT2D eigenvalue weighted by atomic mass is 9.96. The van der Waals surface area contributed by atoms with E-state index in [1.165, 1.54) is 51.4 Å². The van der Waals surface area contributed by atoms with Crippen molar-refractivity contribution in [1.29, 1.82) is 0 Å². The summed E-state index contributed by atoms with van der Waals surface area (Å²) < 4.78 is 11.8. The summed E-state index contributed by atoms with van der Waals surface area (Å²) in [6.45, 7) is 4.52. The molecule has 1 rings (SSSR count). The smallest absolute Gasteiger partial charge is 0.308 e. The van der Waals surface area contributed by atoms with E-state index in [1.807, 2.05) is 0 Å². The van der Waals surface area contributed by atoms with Gasteiger partial charge < -0.3 is 19.7 Å². The molecule has 1 aliphatic rings. The van der Waals surface area contributed by atoms with Crippen LogP contribution < -0.4 is 0 Å². The number of carbonyl (C=O) groups is 1. The van der Waals surface area contributed by atoms with Gasteiger partial charge in [-0.2, -0.15) is 0 Å². The van der Waals surface area contributed by atoms with E-state index in [-0.39, 0.29) is 12.4 Å². The minimum Gasteiger partial charge on any atom is -0.481 e. The predicted octanol–water partition coefficient (Wildman–Crippen LogP) is 5.29. The van der Waals surface area contributed by atoms with Crippen molar-refractivity contribution in [3.63, 3.8) is 0 Å². The van der Waals surface area contributed by atoms with Gasteiger partial charge in [-0.05, 0) is 32.6 Å². The van der Waals surface area contributed by atoms with Crippen molar-refractivity contribution < 1.29 is 24.5 Å². The average molecular weight is 387 g/mol. The molecule has 0 aromatic rings. The highest BCUT2D eigenvalue weighted by molar-refractivity contribution is 5.70. The van der Waals surface area contributed by atoms with Crippen LogP contribution in [0.3, 0.4) is 0 Å². The number of aliphatic carboxylic acids is 1. The van der Waals surface area contributed by atoms with Crippen molar-refractivity contribution in [2.75, 3.05) is 6.61 Å². The zero-order valence-corrected chi connectivity index (χ0v) is 17.5. The third-order valence-electron chi connectivity index (χ3n) is 5.58. The van der Waals surface area contributed by atoms with E-state index < -0.39 is 18.0 Å². The van der Waals surface area contributed by atoms with E-state index in [0.29, 0.717) is 6.42 Å².